The smallest absolute Gasteiger partial charge is 0.272 e. The number of nitrogens with one attached hydrogen (secondary N) is 2. The third-order valence-electron chi connectivity index (χ3n) is 4.12. The van der Waals surface area contributed by atoms with E-state index in [1.54, 1.807) is 30.3 Å². The zero-order valence-electron chi connectivity index (χ0n) is 16.1. The summed E-state index contributed by atoms with van der Waals surface area (Å²) in [7, 11) is 0. The summed E-state index contributed by atoms with van der Waals surface area (Å²) < 4.78 is 0.536. The van der Waals surface area contributed by atoms with Crippen molar-refractivity contribution in [2.45, 2.75) is 0 Å². The van der Waals surface area contributed by atoms with Crippen LogP contribution in [0.5, 0.6) is 0 Å². The maximum absolute atomic E-state index is 13.0. The number of carbonyl (C=O) groups is 2. The van der Waals surface area contributed by atoms with Crippen LogP contribution in [-0.4, -0.2) is 16.7 Å². The summed E-state index contributed by atoms with van der Waals surface area (Å²) >= 11 is 15.3. The minimum atomic E-state index is -0.671. The van der Waals surface area contributed by atoms with E-state index >= 15 is 0 Å². The maximum atomic E-state index is 13.0. The zero-order valence-corrected chi connectivity index (χ0v) is 19.2. The van der Waals surface area contributed by atoms with Gasteiger partial charge in [-0.3, -0.25) is 19.7 Å². The van der Waals surface area contributed by atoms with Gasteiger partial charge >= 0.3 is 0 Å². The molecule has 2 amide bonds. The van der Waals surface area contributed by atoms with Gasteiger partial charge in [-0.15, -0.1) is 0 Å². The first-order valence-electron chi connectivity index (χ1n) is 9.02. The van der Waals surface area contributed by atoms with Crippen LogP contribution in [0.4, 0.5) is 11.4 Å². The Morgan fingerprint density at radius 2 is 1.66 bits per heavy atom. The molecule has 0 aliphatic rings. The predicted molar refractivity (Wildman–Crippen MR) is 128 cm³/mol. The Hall–Kier alpha value is -3.20. The normalized spacial score (nSPS) is 11.0. The molecule has 0 fully saturated rings. The fourth-order valence-electron chi connectivity index (χ4n) is 2.71. The lowest BCUT2D eigenvalue weighted by Gasteiger charge is -2.12. The average Bonchev–Trinajstić information content (AvgIpc) is 2.73. The van der Waals surface area contributed by atoms with Crippen molar-refractivity contribution in [1.82, 2.24) is 5.32 Å². The van der Waals surface area contributed by atoms with E-state index < -0.39 is 16.7 Å². The summed E-state index contributed by atoms with van der Waals surface area (Å²) in [5.41, 5.74) is 0.670. The van der Waals surface area contributed by atoms with Gasteiger partial charge in [0.05, 0.1) is 10.5 Å². The standard InChI is InChI=1S/C22H14BrCl2N3O4/c23-19-7-2-1-6-18(19)21(29)27-20(9-13-4-3-5-17(8-13)28(31)32)22(30)26-16-11-14(24)10-15(25)12-16/h1-12H,(H,26,30)(H,27,29). The lowest BCUT2D eigenvalue weighted by molar-refractivity contribution is -0.384. The quantitative estimate of drug-likeness (QED) is 0.227. The number of nitro benzene ring substituents is 1. The Morgan fingerprint density at radius 3 is 2.31 bits per heavy atom. The van der Waals surface area contributed by atoms with Gasteiger partial charge in [0.1, 0.15) is 5.70 Å². The first-order chi connectivity index (χ1) is 15.2. The van der Waals surface area contributed by atoms with Crippen molar-refractivity contribution in [1.29, 1.82) is 0 Å². The highest BCUT2D eigenvalue weighted by Crippen LogP contribution is 2.23. The Labute approximate surface area is 201 Å². The van der Waals surface area contributed by atoms with E-state index in [1.165, 1.54) is 42.5 Å². The minimum absolute atomic E-state index is 0.137. The van der Waals surface area contributed by atoms with Crippen molar-refractivity contribution >= 4 is 68.4 Å². The molecule has 0 aliphatic heterocycles. The third kappa shape index (κ3) is 6.16. The Bertz CT molecular complexity index is 1230. The molecule has 0 bridgehead atoms. The van der Waals surface area contributed by atoms with Gasteiger partial charge in [-0.1, -0.05) is 47.5 Å². The largest absolute Gasteiger partial charge is 0.321 e. The number of nitro groups is 1. The fourth-order valence-corrected chi connectivity index (χ4v) is 3.70. The second-order valence-corrected chi connectivity index (χ2v) is 8.18. The van der Waals surface area contributed by atoms with Crippen LogP contribution < -0.4 is 10.6 Å². The first-order valence-corrected chi connectivity index (χ1v) is 10.6. The molecule has 0 heterocycles. The molecule has 3 aromatic carbocycles. The minimum Gasteiger partial charge on any atom is -0.321 e. The van der Waals surface area contributed by atoms with Crippen LogP contribution in [0.15, 0.2) is 76.9 Å². The molecule has 2 N–H and O–H groups in total. The molecule has 0 aromatic heterocycles. The summed E-state index contributed by atoms with van der Waals surface area (Å²) in [6, 6.07) is 16.8. The lowest BCUT2D eigenvalue weighted by atomic mass is 10.1. The molecule has 0 radical (unpaired) electrons. The predicted octanol–water partition coefficient (Wildman–Crippen LogP) is 6.07. The van der Waals surface area contributed by atoms with Crippen molar-refractivity contribution in [3.63, 3.8) is 0 Å². The summed E-state index contributed by atoms with van der Waals surface area (Å²) in [5.74, 6) is -1.22. The second-order valence-electron chi connectivity index (χ2n) is 6.46. The van der Waals surface area contributed by atoms with E-state index in [4.69, 9.17) is 23.2 Å². The molecule has 10 heteroatoms. The van der Waals surface area contributed by atoms with Gasteiger partial charge in [0.25, 0.3) is 17.5 Å². The van der Waals surface area contributed by atoms with Crippen LogP contribution in [0, 0.1) is 10.1 Å². The van der Waals surface area contributed by atoms with E-state index in [-0.39, 0.29) is 11.4 Å². The van der Waals surface area contributed by atoms with Crippen molar-refractivity contribution in [3.8, 4) is 0 Å². The van der Waals surface area contributed by atoms with E-state index in [2.05, 4.69) is 26.6 Å². The van der Waals surface area contributed by atoms with Crippen molar-refractivity contribution < 1.29 is 14.5 Å². The Morgan fingerprint density at radius 1 is 0.969 bits per heavy atom. The van der Waals surface area contributed by atoms with Crippen LogP contribution in [0.3, 0.4) is 0 Å². The fraction of sp³-hybridized carbons (Fsp3) is 0. The van der Waals surface area contributed by atoms with Gasteiger partial charge in [-0.25, -0.2) is 0 Å². The van der Waals surface area contributed by atoms with Gasteiger partial charge < -0.3 is 10.6 Å². The topological polar surface area (TPSA) is 101 Å². The molecule has 3 rings (SSSR count). The molecule has 3 aromatic rings. The van der Waals surface area contributed by atoms with Gasteiger partial charge in [-0.2, -0.15) is 0 Å². The molecule has 0 unspecified atom stereocenters. The lowest BCUT2D eigenvalue weighted by Crippen LogP contribution is -2.31. The van der Waals surface area contributed by atoms with Gasteiger partial charge in [0.2, 0.25) is 0 Å². The van der Waals surface area contributed by atoms with Gasteiger partial charge in [-0.05, 0) is 57.9 Å². The highest BCUT2D eigenvalue weighted by Gasteiger charge is 2.17. The van der Waals surface area contributed by atoms with Crippen molar-refractivity contribution in [3.05, 3.63) is 108 Å². The third-order valence-corrected chi connectivity index (χ3v) is 5.25. The van der Waals surface area contributed by atoms with Crippen LogP contribution in [-0.2, 0) is 4.79 Å². The number of rotatable bonds is 6. The SMILES string of the molecule is O=C(Nc1cc(Cl)cc(Cl)c1)C(=Cc1cccc([N+](=O)[O-])c1)NC(=O)c1ccccc1Br. The highest BCUT2D eigenvalue weighted by atomic mass is 79.9. The summed E-state index contributed by atoms with van der Waals surface area (Å²) in [6.45, 7) is 0. The number of non-ortho nitro benzene ring substituents is 1. The summed E-state index contributed by atoms with van der Waals surface area (Å²) in [6.07, 6.45) is 1.34. The summed E-state index contributed by atoms with van der Waals surface area (Å²) in [5, 5.41) is 16.9. The molecule has 162 valence electrons. The maximum Gasteiger partial charge on any atom is 0.272 e. The molecule has 0 atom stereocenters. The molecule has 7 nitrogen and oxygen atoms in total. The number of halogens is 3. The van der Waals surface area contributed by atoms with Crippen molar-refractivity contribution in [2.75, 3.05) is 5.32 Å². The second kappa shape index (κ2) is 10.4. The summed E-state index contributed by atoms with van der Waals surface area (Å²) in [4.78, 5) is 36.3. The van der Waals surface area contributed by atoms with E-state index in [0.717, 1.165) is 0 Å². The molecule has 0 saturated heterocycles. The average molecular weight is 535 g/mol. The van der Waals surface area contributed by atoms with Crippen LogP contribution in [0.1, 0.15) is 15.9 Å². The molecule has 0 spiro atoms. The van der Waals surface area contributed by atoms with E-state index in [0.29, 0.717) is 31.3 Å². The molecular weight excluding hydrogens is 521 g/mol. The molecular formula is C22H14BrCl2N3O4. The Balaban J connectivity index is 1.97. The number of carbonyl (C=O) groups excluding carboxylic acids is 2. The number of anilines is 1. The molecule has 0 saturated carbocycles. The molecule has 0 aliphatic carbocycles. The van der Waals surface area contributed by atoms with E-state index in [9.17, 15) is 19.7 Å². The van der Waals surface area contributed by atoms with Crippen LogP contribution >= 0.6 is 39.1 Å². The highest BCUT2D eigenvalue weighted by molar-refractivity contribution is 9.10. The number of hydrogen-bond donors (Lipinski definition) is 2. The Kier molecular flexibility index (Phi) is 7.63. The van der Waals surface area contributed by atoms with Crippen LogP contribution in [0.25, 0.3) is 6.08 Å². The number of nitrogens with zero attached hydrogens (tertiary/aromatic N) is 1. The first kappa shape index (κ1) is 23.5. The van der Waals surface area contributed by atoms with Crippen molar-refractivity contribution in [2.24, 2.45) is 0 Å². The monoisotopic (exact) mass is 533 g/mol. The van der Waals surface area contributed by atoms with E-state index in [1.807, 2.05) is 0 Å². The number of amides is 2. The van der Waals surface area contributed by atoms with Gasteiger partial charge in [0.15, 0.2) is 0 Å². The van der Waals surface area contributed by atoms with Crippen LogP contribution in [0.2, 0.25) is 10.0 Å². The zero-order chi connectivity index (χ0) is 23.3. The van der Waals surface area contributed by atoms with Gasteiger partial charge in [0, 0.05) is 32.3 Å². The number of benzene rings is 3. The molecule has 32 heavy (non-hydrogen) atoms. The number of hydrogen-bond acceptors (Lipinski definition) is 4.